The van der Waals surface area contributed by atoms with Crippen LogP contribution < -0.4 is 0 Å². The van der Waals surface area contributed by atoms with Gasteiger partial charge in [0.2, 0.25) is 0 Å². The molecule has 0 radical (unpaired) electrons. The first-order valence-corrected chi connectivity index (χ1v) is 15.8. The SMILES string of the molecule is [2H]c1c([2H])c([2H])c(-c2c3c([2H])c([2H])c([2H])c([2H])c3c(-c3ccc4cc(-c5cccc6oc7cccc(-c8ccccc8)c7c56)ccc4c3)c3c([2H])c([2H])c([2H])c([2H])c23)c([2H])c1[2H]. The van der Waals surface area contributed by atoms with Crippen molar-refractivity contribution in [1.82, 2.24) is 0 Å². The van der Waals surface area contributed by atoms with Crippen molar-refractivity contribution in [2.75, 3.05) is 0 Å². The zero-order chi connectivity index (χ0) is 43.6. The van der Waals surface area contributed by atoms with E-state index in [4.69, 9.17) is 16.8 Å². The molecule has 10 rings (SSSR count). The molecule has 10 aromatic rings. The third-order valence-electron chi connectivity index (χ3n) is 9.17. The first-order valence-electron chi connectivity index (χ1n) is 22.3. The van der Waals surface area contributed by atoms with Gasteiger partial charge >= 0.3 is 0 Å². The van der Waals surface area contributed by atoms with Gasteiger partial charge in [0.25, 0.3) is 0 Å². The van der Waals surface area contributed by atoms with Gasteiger partial charge in [0, 0.05) is 10.8 Å². The first-order chi connectivity index (χ1) is 29.7. The van der Waals surface area contributed by atoms with Gasteiger partial charge in [-0.25, -0.2) is 0 Å². The van der Waals surface area contributed by atoms with Crippen LogP contribution in [0.1, 0.15) is 17.8 Å². The van der Waals surface area contributed by atoms with E-state index in [-0.39, 0.29) is 32.7 Å². The monoisotopic (exact) mass is 635 g/mol. The summed E-state index contributed by atoms with van der Waals surface area (Å²) in [5.74, 6) is 0. The number of benzene rings is 9. The molecule has 0 bridgehead atoms. The Labute approximate surface area is 302 Å². The van der Waals surface area contributed by atoms with Gasteiger partial charge in [-0.2, -0.15) is 0 Å². The van der Waals surface area contributed by atoms with Crippen molar-refractivity contribution in [3.8, 4) is 44.5 Å². The molecule has 0 fully saturated rings. The van der Waals surface area contributed by atoms with Crippen LogP contribution in [0.4, 0.5) is 0 Å². The van der Waals surface area contributed by atoms with Crippen LogP contribution in [0.2, 0.25) is 0 Å². The maximum absolute atomic E-state index is 9.27. The fourth-order valence-corrected chi connectivity index (χ4v) is 7.07. The molecule has 1 nitrogen and oxygen atoms in total. The number of rotatable bonds is 4. The third-order valence-corrected chi connectivity index (χ3v) is 9.17. The largest absolute Gasteiger partial charge is 0.456 e. The van der Waals surface area contributed by atoms with Crippen LogP contribution in [0, 0.1) is 0 Å². The van der Waals surface area contributed by atoms with Crippen molar-refractivity contribution >= 4 is 54.3 Å². The highest BCUT2D eigenvalue weighted by atomic mass is 16.3. The van der Waals surface area contributed by atoms with E-state index in [1.807, 2.05) is 72.8 Å². The summed E-state index contributed by atoms with van der Waals surface area (Å²) in [5.41, 5.74) is 5.13. The molecule has 0 aliphatic heterocycles. The summed E-state index contributed by atoms with van der Waals surface area (Å²) in [5, 5.41) is 2.74. The van der Waals surface area contributed by atoms with Gasteiger partial charge in [-0.15, -0.1) is 0 Å². The Hall–Kier alpha value is -6.44. The van der Waals surface area contributed by atoms with Crippen LogP contribution in [0.25, 0.3) is 98.8 Å². The van der Waals surface area contributed by atoms with E-state index in [0.717, 1.165) is 55.0 Å². The minimum absolute atomic E-state index is 0.0826. The lowest BCUT2D eigenvalue weighted by molar-refractivity contribution is 0.669. The number of hydrogen-bond donors (Lipinski definition) is 0. The van der Waals surface area contributed by atoms with Crippen molar-refractivity contribution in [2.24, 2.45) is 0 Å². The maximum atomic E-state index is 9.27. The average molecular weight is 636 g/mol. The van der Waals surface area contributed by atoms with Gasteiger partial charge in [-0.05, 0) is 101 Å². The fraction of sp³-hybridized carbons (Fsp3) is 0. The lowest BCUT2D eigenvalue weighted by Crippen LogP contribution is -1.91. The highest BCUT2D eigenvalue weighted by molar-refractivity contribution is 6.22. The third kappa shape index (κ3) is 4.40. The Bertz CT molecular complexity index is 3510. The van der Waals surface area contributed by atoms with E-state index >= 15 is 0 Å². The van der Waals surface area contributed by atoms with E-state index in [9.17, 15) is 5.48 Å². The molecule has 0 saturated carbocycles. The summed E-state index contributed by atoms with van der Waals surface area (Å²) in [6.07, 6.45) is 0. The quantitative estimate of drug-likeness (QED) is 0.175. The van der Waals surface area contributed by atoms with Crippen molar-refractivity contribution < 1.29 is 22.2 Å². The lowest BCUT2D eigenvalue weighted by atomic mass is 9.85. The molecule has 0 saturated heterocycles. The molecule has 1 heterocycles. The second-order valence-corrected chi connectivity index (χ2v) is 11.9. The van der Waals surface area contributed by atoms with E-state index in [1.165, 1.54) is 0 Å². The van der Waals surface area contributed by atoms with Crippen LogP contribution in [-0.4, -0.2) is 0 Å². The standard InChI is InChI=1S/C48H30O/c1-3-13-31(14-4-1)37-21-11-23-43-47(37)48-38(22-12-24-44(48)49-43)35-27-25-34-30-36(28-26-33(34)29-35)46-41-19-9-7-17-39(41)45(32-15-5-2-6-16-32)40-18-8-10-20-42(40)46/h1-30H/i2D,5D,6D,7D,8D,9D,10D,15D,16D,17D,18D,19D,20D. The van der Waals surface area contributed by atoms with Gasteiger partial charge < -0.3 is 4.42 Å². The van der Waals surface area contributed by atoms with Crippen LogP contribution in [0.15, 0.2) is 186 Å². The van der Waals surface area contributed by atoms with Crippen LogP contribution in [-0.2, 0) is 0 Å². The molecule has 0 N–H and O–H groups in total. The zero-order valence-electron chi connectivity index (χ0n) is 38.7. The Morgan fingerprint density at radius 3 is 1.45 bits per heavy atom. The van der Waals surface area contributed by atoms with E-state index in [1.54, 1.807) is 12.1 Å². The zero-order valence-corrected chi connectivity index (χ0v) is 25.7. The van der Waals surface area contributed by atoms with Crippen LogP contribution in [0.5, 0.6) is 0 Å². The van der Waals surface area contributed by atoms with Crippen molar-refractivity contribution in [3.63, 3.8) is 0 Å². The van der Waals surface area contributed by atoms with Gasteiger partial charge in [0.05, 0.1) is 17.8 Å². The highest BCUT2D eigenvalue weighted by Gasteiger charge is 2.18. The van der Waals surface area contributed by atoms with E-state index in [2.05, 4.69) is 18.2 Å². The van der Waals surface area contributed by atoms with Gasteiger partial charge in [-0.3, -0.25) is 0 Å². The molecule has 1 aromatic heterocycles. The predicted molar refractivity (Wildman–Crippen MR) is 208 cm³/mol. The normalized spacial score (nSPS) is 15.4. The Morgan fingerprint density at radius 1 is 0.367 bits per heavy atom. The summed E-state index contributed by atoms with van der Waals surface area (Å²) in [7, 11) is 0. The topological polar surface area (TPSA) is 13.1 Å². The minimum atomic E-state index is -0.712. The number of fused-ring (bicyclic) bond motifs is 6. The molecule has 0 spiro atoms. The first kappa shape index (κ1) is 17.6. The summed E-state index contributed by atoms with van der Waals surface area (Å²) >= 11 is 0. The van der Waals surface area contributed by atoms with E-state index in [0.29, 0.717) is 5.56 Å². The van der Waals surface area contributed by atoms with Crippen molar-refractivity contribution in [1.29, 1.82) is 0 Å². The molecule has 0 aliphatic carbocycles. The van der Waals surface area contributed by atoms with Crippen LogP contribution >= 0.6 is 0 Å². The smallest absolute Gasteiger partial charge is 0.136 e. The van der Waals surface area contributed by atoms with Gasteiger partial charge in [-0.1, -0.05) is 157 Å². The Kier molecular flexibility index (Phi) is 3.99. The average Bonchev–Trinajstić information content (AvgIpc) is 3.69. The van der Waals surface area contributed by atoms with Crippen molar-refractivity contribution in [2.45, 2.75) is 0 Å². The van der Waals surface area contributed by atoms with Gasteiger partial charge in [0.1, 0.15) is 11.2 Å². The summed E-state index contributed by atoms with van der Waals surface area (Å²) < 4.78 is 121. The summed E-state index contributed by atoms with van der Waals surface area (Å²) in [6, 6.07) is 25.1. The second-order valence-electron chi connectivity index (χ2n) is 11.9. The van der Waals surface area contributed by atoms with Crippen LogP contribution in [0.3, 0.4) is 0 Å². The molecule has 0 aliphatic rings. The molecule has 0 amide bonds. The van der Waals surface area contributed by atoms with E-state index < -0.39 is 84.1 Å². The minimum Gasteiger partial charge on any atom is -0.456 e. The predicted octanol–water partition coefficient (Wildman–Crippen LogP) is 13.7. The van der Waals surface area contributed by atoms with Crippen molar-refractivity contribution in [3.05, 3.63) is 182 Å². The lowest BCUT2D eigenvalue weighted by Gasteiger charge is -2.18. The Morgan fingerprint density at radius 2 is 0.857 bits per heavy atom. The number of hydrogen-bond acceptors (Lipinski definition) is 1. The summed E-state index contributed by atoms with van der Waals surface area (Å²) in [6.45, 7) is 0. The fourth-order valence-electron chi connectivity index (χ4n) is 7.07. The summed E-state index contributed by atoms with van der Waals surface area (Å²) in [4.78, 5) is 0. The molecule has 1 heteroatoms. The number of furan rings is 1. The molecular formula is C48H30O. The Balaban J connectivity index is 1.28. The molecule has 9 aromatic carbocycles. The molecule has 0 unspecified atom stereocenters. The molecular weight excluding hydrogens is 593 g/mol. The molecule has 0 atom stereocenters. The highest BCUT2D eigenvalue weighted by Crippen LogP contribution is 2.45. The molecule has 228 valence electrons. The maximum Gasteiger partial charge on any atom is 0.136 e. The second kappa shape index (κ2) is 11.1. The van der Waals surface area contributed by atoms with Gasteiger partial charge in [0.15, 0.2) is 0 Å². The molecule has 49 heavy (non-hydrogen) atoms.